The quantitative estimate of drug-likeness (QED) is 0.208. The van der Waals surface area contributed by atoms with E-state index in [1.807, 2.05) is 38.1 Å². The summed E-state index contributed by atoms with van der Waals surface area (Å²) in [6.45, 7) is 9.08. The monoisotopic (exact) mass is 531 g/mol. The van der Waals surface area contributed by atoms with Crippen LogP contribution in [0.5, 0.6) is 0 Å². The number of carbonyl (C=O) groups excluding carboxylic acids is 1. The molecule has 1 aliphatic rings. The number of guanidine groups is 1. The maximum atomic E-state index is 11.8. The van der Waals surface area contributed by atoms with Gasteiger partial charge in [0.2, 0.25) is 0 Å². The number of aliphatic imine (C=N–C) groups is 1. The van der Waals surface area contributed by atoms with E-state index in [2.05, 4.69) is 28.2 Å². The lowest BCUT2D eigenvalue weighted by molar-refractivity contribution is 0.0732. The first-order valence-corrected chi connectivity index (χ1v) is 10.6. The van der Waals surface area contributed by atoms with Crippen LogP contribution in [0.4, 0.5) is 10.5 Å². The highest BCUT2D eigenvalue weighted by molar-refractivity contribution is 14.0. The van der Waals surface area contributed by atoms with Gasteiger partial charge in [0.25, 0.3) is 0 Å². The lowest BCUT2D eigenvalue weighted by Gasteiger charge is -2.42. The van der Waals surface area contributed by atoms with Crippen molar-refractivity contribution in [2.75, 3.05) is 32.1 Å². The van der Waals surface area contributed by atoms with Crippen molar-refractivity contribution < 1.29 is 9.53 Å². The minimum atomic E-state index is -0.192. The van der Waals surface area contributed by atoms with E-state index in [0.29, 0.717) is 12.0 Å². The molecule has 0 spiro atoms. The molecule has 8 heteroatoms. The minimum absolute atomic E-state index is 0. The average molecular weight is 531 g/mol. The van der Waals surface area contributed by atoms with Gasteiger partial charge in [0.15, 0.2) is 5.96 Å². The highest BCUT2D eigenvalue weighted by Crippen LogP contribution is 2.43. The normalized spacial score (nSPS) is 15.0. The number of halogens is 1. The Bertz CT molecular complexity index is 660. The van der Waals surface area contributed by atoms with Gasteiger partial charge in [-0.15, -0.1) is 24.0 Å². The van der Waals surface area contributed by atoms with Crippen molar-refractivity contribution in [3.8, 4) is 0 Å². The van der Waals surface area contributed by atoms with Crippen LogP contribution in [0.1, 0.15) is 52.0 Å². The fourth-order valence-electron chi connectivity index (χ4n) is 3.42. The van der Waals surface area contributed by atoms with Crippen molar-refractivity contribution in [3.63, 3.8) is 0 Å². The predicted molar refractivity (Wildman–Crippen MR) is 135 cm³/mol. The van der Waals surface area contributed by atoms with Crippen LogP contribution in [0, 0.1) is 5.41 Å². The lowest BCUT2D eigenvalue weighted by Crippen LogP contribution is -2.46. The number of methoxy groups -OCH3 is 1. The van der Waals surface area contributed by atoms with Gasteiger partial charge in [-0.05, 0) is 63.1 Å². The third-order valence-electron chi connectivity index (χ3n) is 5.28. The third kappa shape index (κ3) is 9.07. The number of anilines is 1. The number of urea groups is 1. The van der Waals surface area contributed by atoms with E-state index in [-0.39, 0.29) is 36.0 Å². The molecule has 2 amide bonds. The van der Waals surface area contributed by atoms with Crippen LogP contribution in [0.3, 0.4) is 0 Å². The number of hydrogen-bond acceptors (Lipinski definition) is 3. The molecule has 0 aromatic heterocycles. The molecule has 0 radical (unpaired) electrons. The minimum Gasteiger partial charge on any atom is -0.385 e. The molecular formula is C22H38IN5O2. The summed E-state index contributed by atoms with van der Waals surface area (Å²) in [5.41, 5.74) is 2.21. The van der Waals surface area contributed by atoms with Crippen molar-refractivity contribution in [1.82, 2.24) is 16.0 Å². The van der Waals surface area contributed by atoms with Gasteiger partial charge < -0.3 is 26.0 Å². The molecule has 1 saturated carbocycles. The Labute approximate surface area is 198 Å². The number of nitrogens with zero attached hydrogens (tertiary/aromatic N) is 1. The van der Waals surface area contributed by atoms with Crippen molar-refractivity contribution in [2.45, 2.75) is 59.0 Å². The van der Waals surface area contributed by atoms with Crippen LogP contribution in [0.25, 0.3) is 0 Å². The fraction of sp³-hybridized carbons (Fsp3) is 0.636. The molecule has 0 heterocycles. The van der Waals surface area contributed by atoms with Gasteiger partial charge in [-0.25, -0.2) is 9.79 Å². The van der Waals surface area contributed by atoms with Crippen LogP contribution in [0.15, 0.2) is 29.3 Å². The van der Waals surface area contributed by atoms with E-state index in [1.54, 1.807) is 7.11 Å². The molecule has 4 N–H and O–H groups in total. The molecule has 30 heavy (non-hydrogen) atoms. The number of benzene rings is 1. The van der Waals surface area contributed by atoms with Crippen LogP contribution >= 0.6 is 24.0 Å². The highest BCUT2D eigenvalue weighted by atomic mass is 127. The number of ether oxygens (including phenoxy) is 1. The molecule has 0 atom stereocenters. The Morgan fingerprint density at radius 2 is 1.90 bits per heavy atom. The number of nitrogens with one attached hydrogen (secondary N) is 4. The predicted octanol–water partition coefficient (Wildman–Crippen LogP) is 4.10. The van der Waals surface area contributed by atoms with Gasteiger partial charge >= 0.3 is 6.03 Å². The second-order valence-corrected chi connectivity index (χ2v) is 8.10. The first-order chi connectivity index (χ1) is 14.0. The Morgan fingerprint density at radius 1 is 1.20 bits per heavy atom. The van der Waals surface area contributed by atoms with E-state index in [9.17, 15) is 4.79 Å². The zero-order chi connectivity index (χ0) is 21.1. The molecule has 0 aliphatic heterocycles. The molecule has 1 aliphatic carbocycles. The summed E-state index contributed by atoms with van der Waals surface area (Å²) >= 11 is 0. The van der Waals surface area contributed by atoms with Crippen LogP contribution in [-0.2, 0) is 11.3 Å². The van der Waals surface area contributed by atoms with Crippen LogP contribution < -0.4 is 21.3 Å². The van der Waals surface area contributed by atoms with Crippen molar-refractivity contribution in [1.29, 1.82) is 0 Å². The molecule has 0 saturated heterocycles. The topological polar surface area (TPSA) is 86.8 Å². The fourth-order valence-corrected chi connectivity index (χ4v) is 3.42. The standard InChI is InChI=1S/C22H37N5O2.HI/c1-5-23-20(25-16-22(11-6-12-22)13-14-29-4)24-15-18-7-9-19(10-8-18)27-21(28)26-17(2)3;/h7-10,17H,5-6,11-16H2,1-4H3,(H2,23,24,25)(H2,26,27,28);1H. The first kappa shape index (κ1) is 26.5. The molecule has 0 unspecified atom stereocenters. The van der Waals surface area contributed by atoms with Gasteiger partial charge in [0, 0.05) is 38.5 Å². The Hall–Kier alpha value is -1.55. The van der Waals surface area contributed by atoms with Crippen molar-refractivity contribution in [2.24, 2.45) is 10.4 Å². The smallest absolute Gasteiger partial charge is 0.319 e. The van der Waals surface area contributed by atoms with Gasteiger partial charge in [0.05, 0.1) is 6.54 Å². The maximum Gasteiger partial charge on any atom is 0.319 e. The molecule has 1 fully saturated rings. The summed E-state index contributed by atoms with van der Waals surface area (Å²) in [6.07, 6.45) is 4.90. The maximum absolute atomic E-state index is 11.8. The molecule has 7 nitrogen and oxygen atoms in total. The first-order valence-electron chi connectivity index (χ1n) is 10.6. The number of hydrogen-bond donors (Lipinski definition) is 4. The van der Waals surface area contributed by atoms with Crippen molar-refractivity contribution >= 4 is 41.7 Å². The Kier molecular flexibility index (Phi) is 12.1. The average Bonchev–Trinajstić information content (AvgIpc) is 2.65. The summed E-state index contributed by atoms with van der Waals surface area (Å²) in [5.74, 6) is 0.842. The largest absolute Gasteiger partial charge is 0.385 e. The summed E-state index contributed by atoms with van der Waals surface area (Å²) in [6, 6.07) is 7.70. The van der Waals surface area contributed by atoms with Gasteiger partial charge in [-0.2, -0.15) is 0 Å². The zero-order valence-corrected chi connectivity index (χ0v) is 21.0. The summed E-state index contributed by atoms with van der Waals surface area (Å²) in [7, 11) is 1.77. The summed E-state index contributed by atoms with van der Waals surface area (Å²) < 4.78 is 5.28. The highest BCUT2D eigenvalue weighted by Gasteiger charge is 2.36. The number of carbonyl (C=O) groups is 1. The molecular weight excluding hydrogens is 493 g/mol. The van der Waals surface area contributed by atoms with E-state index < -0.39 is 0 Å². The van der Waals surface area contributed by atoms with E-state index in [1.165, 1.54) is 19.3 Å². The van der Waals surface area contributed by atoms with Gasteiger partial charge in [-0.1, -0.05) is 18.6 Å². The van der Waals surface area contributed by atoms with E-state index in [0.717, 1.165) is 43.3 Å². The van der Waals surface area contributed by atoms with Gasteiger partial charge in [-0.3, -0.25) is 0 Å². The zero-order valence-electron chi connectivity index (χ0n) is 18.7. The number of amides is 2. The Balaban J connectivity index is 0.00000450. The second kappa shape index (κ2) is 13.7. The Morgan fingerprint density at radius 3 is 2.43 bits per heavy atom. The van der Waals surface area contributed by atoms with E-state index in [4.69, 9.17) is 9.73 Å². The molecule has 1 aromatic carbocycles. The lowest BCUT2D eigenvalue weighted by atomic mass is 9.67. The molecule has 170 valence electrons. The van der Waals surface area contributed by atoms with Crippen LogP contribution in [-0.4, -0.2) is 44.8 Å². The molecule has 0 bridgehead atoms. The van der Waals surface area contributed by atoms with Crippen molar-refractivity contribution in [3.05, 3.63) is 29.8 Å². The van der Waals surface area contributed by atoms with Crippen LogP contribution in [0.2, 0.25) is 0 Å². The van der Waals surface area contributed by atoms with E-state index >= 15 is 0 Å². The third-order valence-corrected chi connectivity index (χ3v) is 5.28. The molecule has 1 aromatic rings. The molecule has 2 rings (SSSR count). The SMILES string of the molecule is CCNC(=NCc1ccc(NC(=O)NC(C)C)cc1)NCC1(CCOC)CCC1.I. The summed E-state index contributed by atoms with van der Waals surface area (Å²) in [5, 5.41) is 12.5. The summed E-state index contributed by atoms with van der Waals surface area (Å²) in [4.78, 5) is 16.5. The second-order valence-electron chi connectivity index (χ2n) is 8.10. The van der Waals surface area contributed by atoms with Gasteiger partial charge in [0.1, 0.15) is 0 Å². The number of rotatable bonds is 10.